The van der Waals surface area contributed by atoms with Crippen molar-refractivity contribution in [2.75, 3.05) is 17.7 Å². The van der Waals surface area contributed by atoms with Crippen molar-refractivity contribution in [1.29, 1.82) is 0 Å². The third-order valence-corrected chi connectivity index (χ3v) is 5.26. The van der Waals surface area contributed by atoms with E-state index >= 15 is 0 Å². The zero-order valence-corrected chi connectivity index (χ0v) is 17.2. The lowest BCUT2D eigenvalue weighted by Crippen LogP contribution is -2.35. The Morgan fingerprint density at radius 2 is 1.74 bits per heavy atom. The topological polar surface area (TPSA) is 81.1 Å². The van der Waals surface area contributed by atoms with Crippen molar-refractivity contribution < 1.29 is 4.74 Å². The van der Waals surface area contributed by atoms with Gasteiger partial charge in [-0.2, -0.15) is 10.1 Å². The SMILES string of the molecule is COc1ccc(NC2Nc3ccccc3-c3nc(=O)c(-c4ccc(C)cc4)nn32)cc1. The normalized spacial score (nSPS) is 14.2. The molecule has 1 aliphatic heterocycles. The van der Waals surface area contributed by atoms with Crippen molar-refractivity contribution in [3.05, 3.63) is 88.7 Å². The van der Waals surface area contributed by atoms with Crippen LogP contribution in [0.3, 0.4) is 0 Å². The molecule has 0 saturated carbocycles. The maximum Gasteiger partial charge on any atom is 0.300 e. The number of anilines is 2. The van der Waals surface area contributed by atoms with Gasteiger partial charge >= 0.3 is 0 Å². The molecule has 1 aliphatic rings. The first kappa shape index (κ1) is 18.9. The molecule has 0 spiro atoms. The highest BCUT2D eigenvalue weighted by molar-refractivity contribution is 5.76. The standard InChI is InChI=1S/C24H21N5O2/c1-15-7-9-16(10-8-15)21-23(30)27-22-19-5-3-4-6-20(19)26-24(29(22)28-21)25-17-11-13-18(31-2)14-12-17/h3-14,24-26H,1-2H3. The first-order valence-corrected chi connectivity index (χ1v) is 9.97. The highest BCUT2D eigenvalue weighted by atomic mass is 16.5. The first-order valence-electron chi connectivity index (χ1n) is 9.97. The van der Waals surface area contributed by atoms with E-state index in [1.54, 1.807) is 11.8 Å². The van der Waals surface area contributed by atoms with Crippen molar-refractivity contribution in [2.24, 2.45) is 0 Å². The summed E-state index contributed by atoms with van der Waals surface area (Å²) in [5.74, 6) is 1.29. The molecule has 31 heavy (non-hydrogen) atoms. The number of hydrogen-bond acceptors (Lipinski definition) is 6. The first-order chi connectivity index (χ1) is 15.1. The second kappa shape index (κ2) is 7.60. The minimum Gasteiger partial charge on any atom is -0.497 e. The van der Waals surface area contributed by atoms with Gasteiger partial charge < -0.3 is 15.4 Å². The van der Waals surface area contributed by atoms with Crippen LogP contribution in [0.15, 0.2) is 77.6 Å². The number of para-hydroxylation sites is 1. The number of fused-ring (bicyclic) bond motifs is 3. The molecule has 0 radical (unpaired) electrons. The van der Waals surface area contributed by atoms with E-state index in [2.05, 4.69) is 15.6 Å². The van der Waals surface area contributed by atoms with Crippen LogP contribution in [0.1, 0.15) is 11.9 Å². The summed E-state index contributed by atoms with van der Waals surface area (Å²) in [6.07, 6.45) is -0.435. The van der Waals surface area contributed by atoms with Crippen LogP contribution in [0.5, 0.6) is 5.75 Å². The fourth-order valence-corrected chi connectivity index (χ4v) is 3.61. The number of hydrogen-bond donors (Lipinski definition) is 2. The molecule has 7 heteroatoms. The molecule has 2 heterocycles. The van der Waals surface area contributed by atoms with Gasteiger partial charge in [0, 0.05) is 22.5 Å². The summed E-state index contributed by atoms with van der Waals surface area (Å²) in [6.45, 7) is 2.00. The van der Waals surface area contributed by atoms with Gasteiger partial charge in [-0.15, -0.1) is 0 Å². The molecule has 0 fully saturated rings. The van der Waals surface area contributed by atoms with Gasteiger partial charge in [-0.25, -0.2) is 4.68 Å². The molecule has 0 amide bonds. The molecule has 2 N–H and O–H groups in total. The zero-order chi connectivity index (χ0) is 21.4. The number of ether oxygens (including phenoxy) is 1. The van der Waals surface area contributed by atoms with Gasteiger partial charge in [0.2, 0.25) is 0 Å². The van der Waals surface area contributed by atoms with Gasteiger partial charge in [-0.05, 0) is 43.3 Å². The van der Waals surface area contributed by atoms with Crippen LogP contribution >= 0.6 is 0 Å². The number of benzene rings is 3. The Balaban J connectivity index is 1.62. The van der Waals surface area contributed by atoms with Crippen LogP contribution in [0, 0.1) is 6.92 Å². The molecule has 7 nitrogen and oxygen atoms in total. The largest absolute Gasteiger partial charge is 0.497 e. The predicted molar refractivity (Wildman–Crippen MR) is 121 cm³/mol. The van der Waals surface area contributed by atoms with E-state index < -0.39 is 6.29 Å². The monoisotopic (exact) mass is 411 g/mol. The Bertz CT molecular complexity index is 1300. The lowest BCUT2D eigenvalue weighted by atomic mass is 10.1. The smallest absolute Gasteiger partial charge is 0.300 e. The van der Waals surface area contributed by atoms with Gasteiger partial charge in [0.25, 0.3) is 5.56 Å². The third-order valence-electron chi connectivity index (χ3n) is 5.26. The van der Waals surface area contributed by atoms with Crippen molar-refractivity contribution >= 4 is 11.4 Å². The highest BCUT2D eigenvalue weighted by Gasteiger charge is 2.26. The van der Waals surface area contributed by atoms with Crippen LogP contribution in [-0.4, -0.2) is 21.9 Å². The number of rotatable bonds is 4. The Kier molecular flexibility index (Phi) is 4.63. The van der Waals surface area contributed by atoms with E-state index in [4.69, 9.17) is 9.84 Å². The zero-order valence-electron chi connectivity index (χ0n) is 17.2. The van der Waals surface area contributed by atoms with E-state index in [9.17, 15) is 4.79 Å². The highest BCUT2D eigenvalue weighted by Crippen LogP contribution is 2.34. The van der Waals surface area contributed by atoms with E-state index in [0.29, 0.717) is 11.5 Å². The third kappa shape index (κ3) is 3.50. The molecule has 0 aliphatic carbocycles. The summed E-state index contributed by atoms with van der Waals surface area (Å²) < 4.78 is 6.97. The van der Waals surface area contributed by atoms with Crippen molar-refractivity contribution in [3.63, 3.8) is 0 Å². The molecular weight excluding hydrogens is 390 g/mol. The fraction of sp³-hybridized carbons (Fsp3) is 0.125. The summed E-state index contributed by atoms with van der Waals surface area (Å²) in [4.78, 5) is 17.3. The van der Waals surface area contributed by atoms with Crippen LogP contribution in [0.2, 0.25) is 0 Å². The fourth-order valence-electron chi connectivity index (χ4n) is 3.61. The summed E-state index contributed by atoms with van der Waals surface area (Å²) in [6, 6.07) is 23.1. The second-order valence-corrected chi connectivity index (χ2v) is 7.37. The van der Waals surface area contributed by atoms with Gasteiger partial charge in [0.05, 0.1) is 7.11 Å². The molecule has 1 aromatic heterocycles. The second-order valence-electron chi connectivity index (χ2n) is 7.37. The van der Waals surface area contributed by atoms with Crippen LogP contribution in [0.25, 0.3) is 22.6 Å². The molecule has 4 aromatic rings. The van der Waals surface area contributed by atoms with Crippen molar-refractivity contribution in [1.82, 2.24) is 14.8 Å². The number of aryl methyl sites for hydroxylation is 1. The minimum absolute atomic E-state index is 0.312. The van der Waals surface area contributed by atoms with Crippen LogP contribution < -0.4 is 20.9 Å². The molecule has 0 bridgehead atoms. The quantitative estimate of drug-likeness (QED) is 0.522. The number of aromatic nitrogens is 3. The average Bonchev–Trinajstić information content (AvgIpc) is 2.80. The van der Waals surface area contributed by atoms with Gasteiger partial charge in [-0.1, -0.05) is 42.0 Å². The summed E-state index contributed by atoms with van der Waals surface area (Å²) in [5, 5.41) is 11.6. The van der Waals surface area contributed by atoms with Gasteiger partial charge in [0.15, 0.2) is 17.8 Å². The maximum absolute atomic E-state index is 12.9. The number of nitrogens with one attached hydrogen (secondary N) is 2. The molecule has 5 rings (SSSR count). The summed E-state index contributed by atoms with van der Waals surface area (Å²) in [7, 11) is 1.64. The predicted octanol–water partition coefficient (Wildman–Crippen LogP) is 4.28. The van der Waals surface area contributed by atoms with Gasteiger partial charge in [0.1, 0.15) is 5.75 Å². The minimum atomic E-state index is -0.435. The van der Waals surface area contributed by atoms with Crippen LogP contribution in [-0.2, 0) is 0 Å². The Labute approximate surface area is 179 Å². The number of methoxy groups -OCH3 is 1. The van der Waals surface area contributed by atoms with E-state index in [1.807, 2.05) is 79.7 Å². The summed E-state index contributed by atoms with van der Waals surface area (Å²) in [5.41, 5.74) is 4.40. The molecule has 1 atom stereocenters. The molecular formula is C24H21N5O2. The maximum atomic E-state index is 12.9. The van der Waals surface area contributed by atoms with Gasteiger partial charge in [-0.3, -0.25) is 4.79 Å². The molecule has 1 unspecified atom stereocenters. The lowest BCUT2D eigenvalue weighted by Gasteiger charge is -2.31. The lowest BCUT2D eigenvalue weighted by molar-refractivity contribution is 0.415. The van der Waals surface area contributed by atoms with Crippen LogP contribution in [0.4, 0.5) is 11.4 Å². The molecule has 0 saturated heterocycles. The van der Waals surface area contributed by atoms with E-state index in [0.717, 1.165) is 33.8 Å². The molecule has 154 valence electrons. The summed E-state index contributed by atoms with van der Waals surface area (Å²) >= 11 is 0. The molecule has 3 aromatic carbocycles. The van der Waals surface area contributed by atoms with E-state index in [-0.39, 0.29) is 5.56 Å². The van der Waals surface area contributed by atoms with Crippen molar-refractivity contribution in [2.45, 2.75) is 13.2 Å². The van der Waals surface area contributed by atoms with E-state index in [1.165, 1.54) is 0 Å². The van der Waals surface area contributed by atoms with Crippen molar-refractivity contribution in [3.8, 4) is 28.4 Å². The number of nitrogens with zero attached hydrogens (tertiary/aromatic N) is 3. The average molecular weight is 411 g/mol. The Hall–Kier alpha value is -4.13. The Morgan fingerprint density at radius 1 is 1.00 bits per heavy atom. The Morgan fingerprint density at radius 3 is 2.48 bits per heavy atom.